The van der Waals surface area contributed by atoms with Crippen LogP contribution in [0.4, 0.5) is 5.69 Å². The first-order valence-electron chi connectivity index (χ1n) is 9.00. The van der Waals surface area contributed by atoms with E-state index in [1.165, 1.54) is 17.7 Å². The van der Waals surface area contributed by atoms with Crippen LogP contribution in [-0.2, 0) is 16.4 Å². The first-order valence-corrected chi connectivity index (χ1v) is 10.5. The molecule has 0 atom stereocenters. The molecule has 0 spiro atoms. The molecule has 3 rings (SSSR count). The zero-order valence-electron chi connectivity index (χ0n) is 14.9. The average molecular weight is 372 g/mol. The minimum Gasteiger partial charge on any atom is -0.349 e. The fourth-order valence-electron chi connectivity index (χ4n) is 2.64. The van der Waals surface area contributed by atoms with Crippen molar-refractivity contribution in [3.63, 3.8) is 0 Å². The summed E-state index contributed by atoms with van der Waals surface area (Å²) in [6, 6.07) is 13.8. The van der Waals surface area contributed by atoms with Gasteiger partial charge in [0, 0.05) is 17.3 Å². The number of amides is 1. The lowest BCUT2D eigenvalue weighted by molar-refractivity contribution is 0.0951. The van der Waals surface area contributed by atoms with Gasteiger partial charge in [0.25, 0.3) is 15.9 Å². The Morgan fingerprint density at radius 2 is 1.85 bits per heavy atom. The third-order valence-corrected chi connectivity index (χ3v) is 5.72. The van der Waals surface area contributed by atoms with Gasteiger partial charge >= 0.3 is 0 Å². The highest BCUT2D eigenvalue weighted by atomic mass is 32.2. The lowest BCUT2D eigenvalue weighted by Gasteiger charge is -2.10. The van der Waals surface area contributed by atoms with Crippen LogP contribution < -0.4 is 10.0 Å². The van der Waals surface area contributed by atoms with Crippen LogP contribution in [0.2, 0.25) is 0 Å². The molecule has 0 heterocycles. The number of carbonyl (C=O) groups excluding carboxylic acids is 1. The Kier molecular flexibility index (Phi) is 5.61. The monoisotopic (exact) mass is 372 g/mol. The third-order valence-electron chi connectivity index (χ3n) is 4.34. The van der Waals surface area contributed by atoms with E-state index >= 15 is 0 Å². The van der Waals surface area contributed by atoms with Gasteiger partial charge in [-0.15, -0.1) is 0 Å². The largest absolute Gasteiger partial charge is 0.349 e. The molecule has 2 N–H and O–H groups in total. The Morgan fingerprint density at radius 3 is 2.50 bits per heavy atom. The maximum absolute atomic E-state index is 12.6. The summed E-state index contributed by atoms with van der Waals surface area (Å²) in [6.45, 7) is 2.14. The van der Waals surface area contributed by atoms with Gasteiger partial charge in [-0.25, -0.2) is 8.42 Å². The predicted octanol–water partition coefficient (Wildman–Crippen LogP) is 3.72. The van der Waals surface area contributed by atoms with Crippen molar-refractivity contribution in [3.8, 4) is 0 Å². The summed E-state index contributed by atoms with van der Waals surface area (Å²) in [5, 5.41) is 2.87. The summed E-state index contributed by atoms with van der Waals surface area (Å²) >= 11 is 0. The predicted molar refractivity (Wildman–Crippen MR) is 103 cm³/mol. The maximum Gasteiger partial charge on any atom is 0.261 e. The van der Waals surface area contributed by atoms with E-state index in [0.29, 0.717) is 11.3 Å². The SMILES string of the molecule is CCCCc1ccc(NS(=O)(=O)c2cccc(C(=O)NC3CC3)c2)cc1. The van der Waals surface area contributed by atoms with Crippen LogP contribution >= 0.6 is 0 Å². The second kappa shape index (κ2) is 7.91. The molecule has 2 aromatic rings. The first kappa shape index (κ1) is 18.5. The number of hydrogen-bond donors (Lipinski definition) is 2. The minimum atomic E-state index is -3.74. The van der Waals surface area contributed by atoms with Crippen molar-refractivity contribution >= 4 is 21.6 Å². The Labute approximate surface area is 154 Å². The van der Waals surface area contributed by atoms with E-state index in [4.69, 9.17) is 0 Å². The van der Waals surface area contributed by atoms with E-state index in [0.717, 1.165) is 32.1 Å². The van der Waals surface area contributed by atoms with Gasteiger partial charge in [-0.3, -0.25) is 9.52 Å². The van der Waals surface area contributed by atoms with Gasteiger partial charge in [0.2, 0.25) is 0 Å². The van der Waals surface area contributed by atoms with E-state index in [-0.39, 0.29) is 16.8 Å². The summed E-state index contributed by atoms with van der Waals surface area (Å²) in [7, 11) is -3.74. The molecule has 1 saturated carbocycles. The summed E-state index contributed by atoms with van der Waals surface area (Å²) < 4.78 is 27.8. The standard InChI is InChI=1S/C20H24N2O3S/c1-2-3-5-15-8-10-18(11-9-15)22-26(24,25)19-7-4-6-16(14-19)20(23)21-17-12-13-17/h4,6-11,14,17,22H,2-3,5,12-13H2,1H3,(H,21,23). The molecule has 0 aliphatic heterocycles. The summed E-state index contributed by atoms with van der Waals surface area (Å²) in [5.41, 5.74) is 2.06. The number of unbranched alkanes of at least 4 members (excludes halogenated alkanes) is 1. The minimum absolute atomic E-state index is 0.0796. The van der Waals surface area contributed by atoms with Crippen LogP contribution in [0, 0.1) is 0 Å². The second-order valence-electron chi connectivity index (χ2n) is 6.68. The smallest absolute Gasteiger partial charge is 0.261 e. The highest BCUT2D eigenvalue weighted by molar-refractivity contribution is 7.92. The number of rotatable bonds is 8. The molecule has 2 aromatic carbocycles. The van der Waals surface area contributed by atoms with Crippen LogP contribution in [0.1, 0.15) is 48.5 Å². The van der Waals surface area contributed by atoms with Crippen molar-refractivity contribution in [1.29, 1.82) is 0 Å². The van der Waals surface area contributed by atoms with Gasteiger partial charge < -0.3 is 5.32 Å². The fourth-order valence-corrected chi connectivity index (χ4v) is 3.74. The van der Waals surface area contributed by atoms with E-state index < -0.39 is 10.0 Å². The molecule has 26 heavy (non-hydrogen) atoms. The molecule has 0 bridgehead atoms. The van der Waals surface area contributed by atoms with Gasteiger partial charge in [-0.2, -0.15) is 0 Å². The molecule has 0 saturated heterocycles. The number of aryl methyl sites for hydroxylation is 1. The zero-order valence-corrected chi connectivity index (χ0v) is 15.7. The Morgan fingerprint density at radius 1 is 1.12 bits per heavy atom. The molecule has 1 aliphatic carbocycles. The molecule has 1 fully saturated rings. The fraction of sp³-hybridized carbons (Fsp3) is 0.350. The lowest BCUT2D eigenvalue weighted by atomic mass is 10.1. The van der Waals surface area contributed by atoms with Crippen molar-refractivity contribution in [2.75, 3.05) is 4.72 Å². The van der Waals surface area contributed by atoms with E-state index in [1.54, 1.807) is 24.3 Å². The molecule has 6 heteroatoms. The van der Waals surface area contributed by atoms with Crippen LogP contribution in [0.25, 0.3) is 0 Å². The van der Waals surface area contributed by atoms with E-state index in [1.807, 2.05) is 12.1 Å². The third kappa shape index (κ3) is 4.85. The Bertz CT molecular complexity index is 872. The van der Waals surface area contributed by atoms with Crippen LogP contribution in [0.5, 0.6) is 0 Å². The van der Waals surface area contributed by atoms with Gasteiger partial charge in [0.15, 0.2) is 0 Å². The van der Waals surface area contributed by atoms with Crippen LogP contribution in [0.3, 0.4) is 0 Å². The van der Waals surface area contributed by atoms with Gasteiger partial charge in [0.1, 0.15) is 0 Å². The maximum atomic E-state index is 12.6. The van der Waals surface area contributed by atoms with Gasteiger partial charge in [0.05, 0.1) is 4.90 Å². The van der Waals surface area contributed by atoms with Gasteiger partial charge in [-0.05, 0) is 61.6 Å². The Balaban J connectivity index is 1.72. The summed E-state index contributed by atoms with van der Waals surface area (Å²) in [4.78, 5) is 12.2. The number of hydrogen-bond acceptors (Lipinski definition) is 3. The number of carbonyl (C=O) groups is 1. The van der Waals surface area contributed by atoms with E-state index in [9.17, 15) is 13.2 Å². The highest BCUT2D eigenvalue weighted by Crippen LogP contribution is 2.21. The van der Waals surface area contributed by atoms with Crippen molar-refractivity contribution < 1.29 is 13.2 Å². The lowest BCUT2D eigenvalue weighted by Crippen LogP contribution is -2.25. The molecule has 1 aliphatic rings. The van der Waals surface area contributed by atoms with Gasteiger partial charge in [-0.1, -0.05) is 31.5 Å². The van der Waals surface area contributed by atoms with Crippen molar-refractivity contribution in [1.82, 2.24) is 5.32 Å². The van der Waals surface area contributed by atoms with Crippen LogP contribution in [0.15, 0.2) is 53.4 Å². The quantitative estimate of drug-likeness (QED) is 0.741. The zero-order chi connectivity index (χ0) is 18.6. The topological polar surface area (TPSA) is 75.3 Å². The van der Waals surface area contributed by atoms with Crippen molar-refractivity contribution in [2.45, 2.75) is 50.0 Å². The second-order valence-corrected chi connectivity index (χ2v) is 8.36. The van der Waals surface area contributed by atoms with E-state index in [2.05, 4.69) is 17.0 Å². The highest BCUT2D eigenvalue weighted by Gasteiger charge is 2.24. The molecule has 1 amide bonds. The molecule has 138 valence electrons. The summed E-state index contributed by atoms with van der Waals surface area (Å²) in [6.07, 6.45) is 5.20. The molecular formula is C20H24N2O3S. The average Bonchev–Trinajstić information content (AvgIpc) is 3.45. The van der Waals surface area contributed by atoms with Crippen molar-refractivity contribution in [3.05, 3.63) is 59.7 Å². The molecule has 0 radical (unpaired) electrons. The van der Waals surface area contributed by atoms with Crippen LogP contribution in [-0.4, -0.2) is 20.4 Å². The number of anilines is 1. The normalized spacial score (nSPS) is 14.0. The number of benzene rings is 2. The molecule has 5 nitrogen and oxygen atoms in total. The first-order chi connectivity index (χ1) is 12.5. The van der Waals surface area contributed by atoms with Crippen molar-refractivity contribution in [2.24, 2.45) is 0 Å². The summed E-state index contributed by atoms with van der Waals surface area (Å²) in [5.74, 6) is -0.232. The number of nitrogens with one attached hydrogen (secondary N) is 2. The molecular weight excluding hydrogens is 348 g/mol. The number of sulfonamides is 1. The molecule has 0 unspecified atom stereocenters. The Hall–Kier alpha value is -2.34. The molecule has 0 aromatic heterocycles.